The molecule has 1 N–H and O–H groups in total. The van der Waals surface area contributed by atoms with Gasteiger partial charge in [-0.2, -0.15) is 18.3 Å². The van der Waals surface area contributed by atoms with Crippen LogP contribution in [0.25, 0.3) is 0 Å². The van der Waals surface area contributed by atoms with Crippen LogP contribution >= 0.6 is 0 Å². The number of nitrogens with one attached hydrogen (secondary N) is 1. The molecule has 0 aliphatic carbocycles. The molecule has 2 aromatic rings. The Balaban J connectivity index is 2.04. The normalized spacial score (nSPS) is 11.2. The van der Waals surface area contributed by atoms with E-state index < -0.39 is 22.6 Å². The number of carbonyl (C=O) groups is 1. The lowest BCUT2D eigenvalue weighted by Gasteiger charge is -2.09. The van der Waals surface area contributed by atoms with Crippen LogP contribution in [-0.4, -0.2) is 20.6 Å². The van der Waals surface area contributed by atoms with E-state index in [1.165, 1.54) is 6.07 Å². The summed E-state index contributed by atoms with van der Waals surface area (Å²) in [7, 11) is 0. The monoisotopic (exact) mass is 314 g/mol. The number of amides is 1. The minimum absolute atomic E-state index is 0.0264. The number of hydrogen-bond donors (Lipinski definition) is 1. The van der Waals surface area contributed by atoms with Gasteiger partial charge in [-0.25, -0.2) is 0 Å². The Morgan fingerprint density at radius 3 is 2.73 bits per heavy atom. The summed E-state index contributed by atoms with van der Waals surface area (Å²) in [5.41, 5.74) is -1.20. The minimum Gasteiger partial charge on any atom is -0.324 e. The second-order valence-electron chi connectivity index (χ2n) is 4.28. The molecule has 0 spiro atoms. The lowest BCUT2D eigenvalue weighted by molar-refractivity contribution is -0.385. The fraction of sp³-hybridized carbons (Fsp3) is 0.167. The molecule has 1 amide bonds. The van der Waals surface area contributed by atoms with Gasteiger partial charge in [0.05, 0.1) is 10.5 Å². The molecule has 0 aliphatic rings. The molecule has 116 valence electrons. The van der Waals surface area contributed by atoms with Crippen LogP contribution in [0.15, 0.2) is 36.7 Å². The Bertz CT molecular complexity index is 712. The highest BCUT2D eigenvalue weighted by atomic mass is 19.4. The van der Waals surface area contributed by atoms with Gasteiger partial charge in [0.2, 0.25) is 5.91 Å². The molecule has 0 unspecified atom stereocenters. The van der Waals surface area contributed by atoms with Crippen LogP contribution in [0, 0.1) is 10.1 Å². The van der Waals surface area contributed by atoms with E-state index in [9.17, 15) is 28.1 Å². The van der Waals surface area contributed by atoms with Crippen LogP contribution in [0.3, 0.4) is 0 Å². The molecule has 0 saturated carbocycles. The van der Waals surface area contributed by atoms with E-state index in [1.807, 2.05) is 0 Å². The maximum absolute atomic E-state index is 12.5. The Morgan fingerprint density at radius 1 is 1.41 bits per heavy atom. The molecule has 1 aromatic carbocycles. The summed E-state index contributed by atoms with van der Waals surface area (Å²) in [6.07, 6.45) is -2.49. The molecule has 0 saturated heterocycles. The molecular formula is C12H9F3N4O3. The van der Waals surface area contributed by atoms with Gasteiger partial charge in [-0.1, -0.05) is 6.07 Å². The predicted octanol–water partition coefficient (Wildman–Crippen LogP) is 2.45. The van der Waals surface area contributed by atoms with Crippen LogP contribution in [0.4, 0.5) is 24.5 Å². The second-order valence-corrected chi connectivity index (χ2v) is 4.28. The zero-order valence-electron chi connectivity index (χ0n) is 10.9. The highest BCUT2D eigenvalue weighted by molar-refractivity contribution is 5.90. The number of anilines is 1. The molecule has 22 heavy (non-hydrogen) atoms. The quantitative estimate of drug-likeness (QED) is 0.693. The van der Waals surface area contributed by atoms with Crippen molar-refractivity contribution in [3.8, 4) is 0 Å². The van der Waals surface area contributed by atoms with Crippen molar-refractivity contribution in [1.29, 1.82) is 0 Å². The zero-order valence-corrected chi connectivity index (χ0v) is 10.9. The van der Waals surface area contributed by atoms with Crippen LogP contribution in [0.5, 0.6) is 0 Å². The molecule has 0 radical (unpaired) electrons. The highest BCUT2D eigenvalue weighted by Crippen LogP contribution is 2.30. The molecule has 0 fully saturated rings. The van der Waals surface area contributed by atoms with Crippen LogP contribution in [0.2, 0.25) is 0 Å². The number of nitrogens with zero attached hydrogens (tertiary/aromatic N) is 3. The fourth-order valence-corrected chi connectivity index (χ4v) is 1.65. The number of hydrogen-bond acceptors (Lipinski definition) is 4. The third-order valence-electron chi connectivity index (χ3n) is 2.61. The average molecular weight is 314 g/mol. The SMILES string of the molecule is O=C(Cn1cc([N+](=O)[O-])cn1)Nc1cccc(C(F)(F)F)c1. The standard InChI is InChI=1S/C12H9F3N4O3/c13-12(14,15)8-2-1-3-9(4-8)17-11(20)7-18-6-10(5-16-18)19(21)22/h1-6H,7H2,(H,17,20). The van der Waals surface area contributed by atoms with Gasteiger partial charge in [0.15, 0.2) is 0 Å². The molecule has 1 aromatic heterocycles. The van der Waals surface area contributed by atoms with Crippen molar-refractivity contribution in [3.05, 3.63) is 52.3 Å². The highest BCUT2D eigenvalue weighted by Gasteiger charge is 2.30. The fourth-order valence-electron chi connectivity index (χ4n) is 1.65. The summed E-state index contributed by atoms with van der Waals surface area (Å²) in [6, 6.07) is 4.14. The number of aromatic nitrogens is 2. The second kappa shape index (κ2) is 5.84. The smallest absolute Gasteiger partial charge is 0.324 e. The third-order valence-corrected chi connectivity index (χ3v) is 2.61. The van der Waals surface area contributed by atoms with Gasteiger partial charge in [-0.05, 0) is 18.2 Å². The van der Waals surface area contributed by atoms with Crippen molar-refractivity contribution in [1.82, 2.24) is 9.78 Å². The summed E-state index contributed by atoms with van der Waals surface area (Å²) < 4.78 is 38.6. The van der Waals surface area contributed by atoms with Gasteiger partial charge in [0.25, 0.3) is 0 Å². The zero-order chi connectivity index (χ0) is 16.3. The summed E-state index contributed by atoms with van der Waals surface area (Å²) in [5, 5.41) is 16.3. The predicted molar refractivity (Wildman–Crippen MR) is 69.0 cm³/mol. The summed E-state index contributed by atoms with van der Waals surface area (Å²) in [5.74, 6) is -0.655. The van der Waals surface area contributed by atoms with E-state index in [2.05, 4.69) is 10.4 Å². The van der Waals surface area contributed by atoms with Gasteiger partial charge < -0.3 is 5.32 Å². The van der Waals surface area contributed by atoms with Crippen LogP contribution in [0.1, 0.15) is 5.56 Å². The first-order chi connectivity index (χ1) is 10.3. The lowest BCUT2D eigenvalue weighted by Crippen LogP contribution is -2.19. The van der Waals surface area contributed by atoms with E-state index >= 15 is 0 Å². The lowest BCUT2D eigenvalue weighted by atomic mass is 10.2. The number of alkyl halides is 3. The van der Waals surface area contributed by atoms with Crippen molar-refractivity contribution in [2.45, 2.75) is 12.7 Å². The van der Waals surface area contributed by atoms with Crippen molar-refractivity contribution in [3.63, 3.8) is 0 Å². The summed E-state index contributed by atoms with van der Waals surface area (Å²) >= 11 is 0. The van der Waals surface area contributed by atoms with Crippen LogP contribution < -0.4 is 5.32 Å². The van der Waals surface area contributed by atoms with Crippen molar-refractivity contribution in [2.75, 3.05) is 5.32 Å². The van der Waals surface area contributed by atoms with Crippen molar-refractivity contribution < 1.29 is 22.9 Å². The maximum Gasteiger partial charge on any atom is 0.416 e. The summed E-state index contributed by atoms with van der Waals surface area (Å²) in [6.45, 7) is -0.357. The molecule has 0 atom stereocenters. The van der Waals surface area contributed by atoms with E-state index in [1.54, 1.807) is 0 Å². The summed E-state index contributed by atoms with van der Waals surface area (Å²) in [4.78, 5) is 21.5. The maximum atomic E-state index is 12.5. The van der Waals surface area contributed by atoms with E-state index in [0.717, 1.165) is 35.3 Å². The molecule has 0 bridgehead atoms. The first-order valence-corrected chi connectivity index (χ1v) is 5.89. The topological polar surface area (TPSA) is 90.1 Å². The molecule has 7 nitrogen and oxygen atoms in total. The largest absolute Gasteiger partial charge is 0.416 e. The number of halogens is 3. The Labute approximate surface area is 121 Å². The van der Waals surface area contributed by atoms with E-state index in [4.69, 9.17) is 0 Å². The third kappa shape index (κ3) is 3.81. The number of rotatable bonds is 4. The Morgan fingerprint density at radius 2 is 2.14 bits per heavy atom. The van der Waals surface area contributed by atoms with Gasteiger partial charge in [0, 0.05) is 5.69 Å². The van der Waals surface area contributed by atoms with Crippen LogP contribution in [-0.2, 0) is 17.5 Å². The number of carbonyl (C=O) groups excluding carboxylic acids is 1. The molecule has 2 rings (SSSR count). The molecule has 1 heterocycles. The first kappa shape index (κ1) is 15.5. The van der Waals surface area contributed by atoms with Gasteiger partial charge in [-0.3, -0.25) is 19.6 Å². The number of benzene rings is 1. The minimum atomic E-state index is -4.51. The Kier molecular flexibility index (Phi) is 4.11. The Hall–Kier alpha value is -2.91. The number of nitro groups is 1. The van der Waals surface area contributed by atoms with E-state index in [0.29, 0.717) is 0 Å². The van der Waals surface area contributed by atoms with Crippen molar-refractivity contribution >= 4 is 17.3 Å². The molecule has 0 aliphatic heterocycles. The van der Waals surface area contributed by atoms with Crippen molar-refractivity contribution in [2.24, 2.45) is 0 Å². The molecular weight excluding hydrogens is 305 g/mol. The van der Waals surface area contributed by atoms with Gasteiger partial charge >= 0.3 is 11.9 Å². The first-order valence-electron chi connectivity index (χ1n) is 5.89. The average Bonchev–Trinajstić information content (AvgIpc) is 2.86. The van der Waals surface area contributed by atoms with Gasteiger partial charge in [0.1, 0.15) is 18.9 Å². The van der Waals surface area contributed by atoms with E-state index in [-0.39, 0.29) is 17.9 Å². The van der Waals surface area contributed by atoms with Gasteiger partial charge in [-0.15, -0.1) is 0 Å². The molecule has 10 heteroatoms.